The Bertz CT molecular complexity index is 330. The van der Waals surface area contributed by atoms with Gasteiger partial charge in [0.25, 0.3) is 0 Å². The van der Waals surface area contributed by atoms with Crippen LogP contribution in [0.25, 0.3) is 0 Å². The van der Waals surface area contributed by atoms with Gasteiger partial charge in [-0.2, -0.15) is 0 Å². The number of aryl methyl sites for hydroxylation is 1. The molecule has 15 heavy (non-hydrogen) atoms. The van der Waals surface area contributed by atoms with E-state index in [2.05, 4.69) is 10.3 Å². The van der Waals surface area contributed by atoms with Crippen molar-refractivity contribution in [3.8, 4) is 0 Å². The first-order chi connectivity index (χ1) is 7.06. The summed E-state index contributed by atoms with van der Waals surface area (Å²) in [5, 5.41) is 22.2. The van der Waals surface area contributed by atoms with Gasteiger partial charge in [0.05, 0.1) is 23.7 Å². The van der Waals surface area contributed by atoms with Gasteiger partial charge < -0.3 is 21.3 Å². The van der Waals surface area contributed by atoms with E-state index in [1.807, 2.05) is 0 Å². The second-order valence-corrected chi connectivity index (χ2v) is 3.54. The van der Waals surface area contributed by atoms with Gasteiger partial charge in [-0.15, -0.1) is 0 Å². The van der Waals surface area contributed by atoms with Crippen molar-refractivity contribution in [3.05, 3.63) is 23.5 Å². The van der Waals surface area contributed by atoms with Crippen LogP contribution >= 0.6 is 0 Å². The molecule has 5 nitrogen and oxygen atoms in total. The molecule has 0 saturated heterocycles. The maximum atomic E-state index is 9.80. The third-order valence-corrected chi connectivity index (χ3v) is 2.20. The number of anilines is 1. The fourth-order valence-electron chi connectivity index (χ4n) is 1.42. The lowest BCUT2D eigenvalue weighted by Crippen LogP contribution is -2.30. The molecule has 0 amide bonds. The highest BCUT2D eigenvalue weighted by Crippen LogP contribution is 2.19. The van der Waals surface area contributed by atoms with Gasteiger partial charge >= 0.3 is 0 Å². The van der Waals surface area contributed by atoms with Crippen LogP contribution in [0.3, 0.4) is 0 Å². The summed E-state index contributed by atoms with van der Waals surface area (Å²) in [6.07, 6.45) is -0.389. The normalized spacial score (nSPS) is 14.9. The Morgan fingerprint density at radius 3 is 2.73 bits per heavy atom. The molecule has 0 aliphatic heterocycles. The van der Waals surface area contributed by atoms with Crippen molar-refractivity contribution in [2.45, 2.75) is 19.1 Å². The van der Waals surface area contributed by atoms with Crippen molar-refractivity contribution in [2.24, 2.45) is 0 Å². The van der Waals surface area contributed by atoms with Gasteiger partial charge in [0, 0.05) is 6.54 Å². The molecule has 84 valence electrons. The summed E-state index contributed by atoms with van der Waals surface area (Å²) in [6.45, 7) is 2.11. The maximum Gasteiger partial charge on any atom is 0.123 e. The number of nitrogens with zero attached hydrogens (tertiary/aromatic N) is 1. The fourth-order valence-corrected chi connectivity index (χ4v) is 1.42. The summed E-state index contributed by atoms with van der Waals surface area (Å²) in [4.78, 5) is 4.02. The average Bonchev–Trinajstić information content (AvgIpc) is 2.17. The Balaban J connectivity index is 2.86. The number of aromatic nitrogens is 1. The predicted molar refractivity (Wildman–Crippen MR) is 58.3 cm³/mol. The first-order valence-electron chi connectivity index (χ1n) is 4.79. The molecule has 1 aromatic heterocycles. The molecule has 1 heterocycles. The number of nitrogen functional groups attached to an aromatic ring is 1. The predicted octanol–water partition coefficient (Wildman–Crippen LogP) is -0.414. The summed E-state index contributed by atoms with van der Waals surface area (Å²) in [6, 6.07) is 1.72. The summed E-state index contributed by atoms with van der Waals surface area (Å²) in [5.41, 5.74) is 7.33. The van der Waals surface area contributed by atoms with E-state index in [-0.39, 0.29) is 0 Å². The van der Waals surface area contributed by atoms with Gasteiger partial charge in [-0.25, -0.2) is 0 Å². The second kappa shape index (κ2) is 5.06. The van der Waals surface area contributed by atoms with Crippen molar-refractivity contribution in [1.82, 2.24) is 10.3 Å². The highest BCUT2D eigenvalue weighted by atomic mass is 16.3. The molecule has 0 aliphatic rings. The summed E-state index contributed by atoms with van der Waals surface area (Å²) >= 11 is 0. The van der Waals surface area contributed by atoms with E-state index in [1.54, 1.807) is 20.0 Å². The van der Waals surface area contributed by atoms with Crippen LogP contribution in [0.15, 0.2) is 12.3 Å². The average molecular weight is 211 g/mol. The lowest BCUT2D eigenvalue weighted by molar-refractivity contribution is 0.0173. The van der Waals surface area contributed by atoms with Crippen LogP contribution in [0, 0.1) is 6.92 Å². The highest BCUT2D eigenvalue weighted by molar-refractivity contribution is 5.40. The summed E-state index contributed by atoms with van der Waals surface area (Å²) < 4.78 is 0. The van der Waals surface area contributed by atoms with E-state index >= 15 is 0 Å². The van der Waals surface area contributed by atoms with Crippen molar-refractivity contribution < 1.29 is 10.2 Å². The van der Waals surface area contributed by atoms with E-state index in [0.717, 1.165) is 5.56 Å². The van der Waals surface area contributed by atoms with E-state index in [1.165, 1.54) is 6.20 Å². The van der Waals surface area contributed by atoms with Gasteiger partial charge in [-0.1, -0.05) is 0 Å². The summed E-state index contributed by atoms with van der Waals surface area (Å²) in [7, 11) is 1.71. The molecule has 0 saturated carbocycles. The molecular weight excluding hydrogens is 194 g/mol. The molecule has 1 rings (SSSR count). The number of rotatable bonds is 4. The van der Waals surface area contributed by atoms with Gasteiger partial charge in [-0.3, -0.25) is 4.98 Å². The highest BCUT2D eigenvalue weighted by Gasteiger charge is 2.20. The van der Waals surface area contributed by atoms with Gasteiger partial charge in [0.15, 0.2) is 0 Å². The number of nitrogens with one attached hydrogen (secondary N) is 1. The first kappa shape index (κ1) is 11.9. The zero-order valence-corrected chi connectivity index (χ0v) is 8.94. The van der Waals surface area contributed by atoms with E-state index in [4.69, 9.17) is 5.73 Å². The van der Waals surface area contributed by atoms with E-state index in [9.17, 15) is 10.2 Å². The topological polar surface area (TPSA) is 91.4 Å². The number of hydrogen-bond acceptors (Lipinski definition) is 5. The Morgan fingerprint density at radius 2 is 2.20 bits per heavy atom. The number of hydrogen-bond donors (Lipinski definition) is 4. The van der Waals surface area contributed by atoms with Crippen LogP contribution in [-0.2, 0) is 0 Å². The largest absolute Gasteiger partial charge is 0.397 e. The van der Waals surface area contributed by atoms with Gasteiger partial charge in [0.2, 0.25) is 0 Å². The van der Waals surface area contributed by atoms with Crippen LogP contribution in [0.1, 0.15) is 17.4 Å². The molecule has 5 N–H and O–H groups in total. The molecule has 0 aliphatic carbocycles. The number of nitrogens with two attached hydrogens (primary N) is 1. The van der Waals surface area contributed by atoms with E-state index < -0.39 is 12.2 Å². The van der Waals surface area contributed by atoms with Crippen LogP contribution in [0.2, 0.25) is 0 Å². The van der Waals surface area contributed by atoms with Gasteiger partial charge in [-0.05, 0) is 25.6 Å². The summed E-state index contributed by atoms with van der Waals surface area (Å²) in [5.74, 6) is 0. The van der Waals surface area contributed by atoms with Crippen LogP contribution < -0.4 is 11.1 Å². The minimum absolute atomic E-state index is 0.312. The van der Waals surface area contributed by atoms with Crippen molar-refractivity contribution in [2.75, 3.05) is 19.3 Å². The van der Waals surface area contributed by atoms with Gasteiger partial charge in [0.1, 0.15) is 6.10 Å². The number of pyridine rings is 1. The lowest BCUT2D eigenvalue weighted by atomic mass is 10.1. The van der Waals surface area contributed by atoms with Crippen LogP contribution in [0.5, 0.6) is 0 Å². The monoisotopic (exact) mass is 211 g/mol. The molecule has 0 fully saturated rings. The fraction of sp³-hybridized carbons (Fsp3) is 0.500. The quantitative estimate of drug-likeness (QED) is 0.543. The second-order valence-electron chi connectivity index (χ2n) is 3.54. The molecule has 2 unspecified atom stereocenters. The zero-order chi connectivity index (χ0) is 11.4. The number of likely N-dealkylation sites (N-methyl/N-ethyl adjacent to an activating group) is 1. The first-order valence-corrected chi connectivity index (χ1v) is 4.79. The standard InChI is InChI=1S/C10H17N3O2/c1-6-3-7(11)4-13-9(6)10(15)8(14)5-12-2/h3-4,8,10,12,14-15H,5,11H2,1-2H3. The molecule has 2 atom stereocenters. The third kappa shape index (κ3) is 2.89. The zero-order valence-electron chi connectivity index (χ0n) is 8.94. The molecule has 0 radical (unpaired) electrons. The Kier molecular flexibility index (Phi) is 4.02. The van der Waals surface area contributed by atoms with E-state index in [0.29, 0.717) is 17.9 Å². The molecule has 5 heteroatoms. The smallest absolute Gasteiger partial charge is 0.123 e. The lowest BCUT2D eigenvalue weighted by Gasteiger charge is -2.18. The minimum atomic E-state index is -0.988. The number of aliphatic hydroxyl groups is 2. The Labute approximate surface area is 89.0 Å². The SMILES string of the molecule is CNCC(O)C(O)c1ncc(N)cc1C. The van der Waals surface area contributed by atoms with Crippen molar-refractivity contribution in [3.63, 3.8) is 0 Å². The van der Waals surface area contributed by atoms with Crippen LogP contribution in [-0.4, -0.2) is 34.9 Å². The molecule has 0 spiro atoms. The molecular formula is C10H17N3O2. The van der Waals surface area contributed by atoms with Crippen molar-refractivity contribution in [1.29, 1.82) is 0 Å². The third-order valence-electron chi connectivity index (χ3n) is 2.20. The van der Waals surface area contributed by atoms with Crippen LogP contribution in [0.4, 0.5) is 5.69 Å². The van der Waals surface area contributed by atoms with Crippen molar-refractivity contribution >= 4 is 5.69 Å². The molecule has 0 bridgehead atoms. The minimum Gasteiger partial charge on any atom is -0.397 e. The number of aliphatic hydroxyl groups excluding tert-OH is 2. The molecule has 1 aromatic rings. The molecule has 0 aromatic carbocycles. The Morgan fingerprint density at radius 1 is 1.53 bits per heavy atom. The Hall–Kier alpha value is -1.17. The maximum absolute atomic E-state index is 9.80.